The lowest BCUT2D eigenvalue weighted by molar-refractivity contribution is -0.132. The van der Waals surface area contributed by atoms with Gasteiger partial charge in [0, 0.05) is 0 Å². The number of Topliss-reactive ketones (excluding diaryl/α,β-unsaturated/α-hetero) is 1. The van der Waals surface area contributed by atoms with E-state index in [1.54, 1.807) is 42.5 Å². The van der Waals surface area contributed by atoms with E-state index in [1.807, 2.05) is 25.1 Å². The summed E-state index contributed by atoms with van der Waals surface area (Å²) in [6.45, 7) is 2.20. The smallest absolute Gasteiger partial charge is 0.302 e. The van der Waals surface area contributed by atoms with Gasteiger partial charge in [0.15, 0.2) is 11.5 Å². The molecule has 1 aromatic heterocycles. The second-order valence-corrected chi connectivity index (χ2v) is 8.63. The summed E-state index contributed by atoms with van der Waals surface area (Å²) >= 11 is 0. The molecule has 0 aliphatic carbocycles. The number of aromatic amines is 1. The molecule has 39 heavy (non-hydrogen) atoms. The molecule has 10 heteroatoms. The third-order valence-electron chi connectivity index (χ3n) is 6.52. The number of aliphatic hydroxyl groups is 1. The van der Waals surface area contributed by atoms with Crippen LogP contribution in [0.2, 0.25) is 0 Å². The number of methoxy groups -OCH3 is 3. The molecule has 1 unspecified atom stereocenters. The van der Waals surface area contributed by atoms with E-state index in [2.05, 4.69) is 9.97 Å². The van der Waals surface area contributed by atoms with Crippen molar-refractivity contribution in [3.63, 3.8) is 0 Å². The van der Waals surface area contributed by atoms with Gasteiger partial charge in [-0.05, 0) is 48.9 Å². The molecule has 0 bridgehead atoms. The molecule has 2 N–H and O–H groups in total. The molecule has 1 aliphatic rings. The Morgan fingerprint density at radius 1 is 0.923 bits per heavy atom. The predicted octanol–water partition coefficient (Wildman–Crippen LogP) is 4.61. The average molecular weight is 530 g/mol. The van der Waals surface area contributed by atoms with E-state index in [0.29, 0.717) is 34.7 Å². The third kappa shape index (κ3) is 4.29. The number of nitrogens with one attached hydrogen (secondary N) is 1. The van der Waals surface area contributed by atoms with Crippen molar-refractivity contribution in [3.05, 3.63) is 77.4 Å². The van der Waals surface area contributed by atoms with Crippen LogP contribution in [0.15, 0.2) is 66.2 Å². The van der Waals surface area contributed by atoms with Gasteiger partial charge in [-0.25, -0.2) is 4.98 Å². The monoisotopic (exact) mass is 529 g/mol. The number of H-pyrrole nitrogens is 1. The molecule has 0 saturated carbocycles. The fraction of sp³-hybridized carbons (Fsp3) is 0.207. The van der Waals surface area contributed by atoms with Crippen LogP contribution in [-0.2, 0) is 9.59 Å². The molecule has 2 heterocycles. The summed E-state index contributed by atoms with van der Waals surface area (Å²) in [7, 11) is 4.40. The minimum absolute atomic E-state index is 0.147. The number of carbonyl (C=O) groups excluding carboxylic acids is 2. The SMILES string of the molecule is CCOc1cc(C2/C(=C(\O)c3c(OC)cccc3OC)C(=O)C(=O)N2c2nc3ccccc3[nH]2)ccc1OC. The highest BCUT2D eigenvalue weighted by molar-refractivity contribution is 6.51. The number of hydrogen-bond donors (Lipinski definition) is 2. The zero-order valence-electron chi connectivity index (χ0n) is 21.8. The summed E-state index contributed by atoms with van der Waals surface area (Å²) in [6.07, 6.45) is 0. The molecule has 1 atom stereocenters. The van der Waals surface area contributed by atoms with E-state index >= 15 is 0 Å². The van der Waals surface area contributed by atoms with Crippen molar-refractivity contribution in [2.75, 3.05) is 32.8 Å². The Labute approximate surface area is 224 Å². The van der Waals surface area contributed by atoms with Gasteiger partial charge in [0.25, 0.3) is 5.78 Å². The molecular formula is C29H27N3O7. The van der Waals surface area contributed by atoms with Gasteiger partial charge in [-0.3, -0.25) is 14.5 Å². The number of ketones is 1. The standard InChI is InChI=1S/C29H27N3O7/c1-5-39-22-15-16(13-14-19(22)36-2)25-24(26(33)23-20(37-3)11-8-12-21(23)38-4)27(34)28(35)32(25)29-30-17-9-6-7-10-18(17)31-29/h6-15,25,33H,5H2,1-4H3,(H,30,31)/b26-24+. The molecule has 4 aromatic rings. The van der Waals surface area contributed by atoms with Crippen molar-refractivity contribution in [2.45, 2.75) is 13.0 Å². The van der Waals surface area contributed by atoms with E-state index in [9.17, 15) is 14.7 Å². The van der Waals surface area contributed by atoms with Crippen LogP contribution < -0.4 is 23.8 Å². The highest BCUT2D eigenvalue weighted by atomic mass is 16.5. The van der Waals surface area contributed by atoms with E-state index in [1.165, 1.54) is 26.2 Å². The maximum Gasteiger partial charge on any atom is 0.302 e. The minimum Gasteiger partial charge on any atom is -0.506 e. The van der Waals surface area contributed by atoms with Gasteiger partial charge in [-0.1, -0.05) is 24.3 Å². The number of aromatic nitrogens is 2. The lowest BCUT2D eigenvalue weighted by Gasteiger charge is -2.24. The van der Waals surface area contributed by atoms with Gasteiger partial charge in [0.1, 0.15) is 22.8 Å². The average Bonchev–Trinajstić information content (AvgIpc) is 3.50. The van der Waals surface area contributed by atoms with Crippen molar-refractivity contribution in [1.82, 2.24) is 9.97 Å². The molecule has 1 aliphatic heterocycles. The Bertz CT molecular complexity index is 1550. The maximum atomic E-state index is 13.6. The summed E-state index contributed by atoms with van der Waals surface area (Å²) in [5.74, 6) is -0.600. The normalized spacial score (nSPS) is 16.5. The van der Waals surface area contributed by atoms with Gasteiger partial charge in [-0.2, -0.15) is 0 Å². The molecule has 5 rings (SSSR count). The number of rotatable bonds is 8. The molecule has 200 valence electrons. The number of ether oxygens (including phenoxy) is 4. The fourth-order valence-corrected chi connectivity index (χ4v) is 4.77. The number of carbonyl (C=O) groups is 2. The van der Waals surface area contributed by atoms with Gasteiger partial charge in [0.2, 0.25) is 5.95 Å². The number of aliphatic hydroxyl groups excluding tert-OH is 1. The number of fused-ring (bicyclic) bond motifs is 1. The van der Waals surface area contributed by atoms with Crippen LogP contribution in [0.4, 0.5) is 5.95 Å². The first-order chi connectivity index (χ1) is 18.9. The summed E-state index contributed by atoms with van der Waals surface area (Å²) in [5.41, 5.74) is 1.78. The van der Waals surface area contributed by atoms with E-state index < -0.39 is 23.5 Å². The van der Waals surface area contributed by atoms with Crippen LogP contribution >= 0.6 is 0 Å². The van der Waals surface area contributed by atoms with Crippen molar-refractivity contribution in [1.29, 1.82) is 0 Å². The molecule has 3 aromatic carbocycles. The van der Waals surface area contributed by atoms with Gasteiger partial charge < -0.3 is 29.0 Å². The molecular weight excluding hydrogens is 502 g/mol. The summed E-state index contributed by atoms with van der Waals surface area (Å²) < 4.78 is 22.1. The second-order valence-electron chi connectivity index (χ2n) is 8.63. The Morgan fingerprint density at radius 2 is 1.62 bits per heavy atom. The minimum atomic E-state index is -1.06. The zero-order chi connectivity index (χ0) is 27.7. The lowest BCUT2D eigenvalue weighted by Crippen LogP contribution is -2.30. The second kappa shape index (κ2) is 10.4. The Morgan fingerprint density at radius 3 is 2.26 bits per heavy atom. The first-order valence-electron chi connectivity index (χ1n) is 12.2. The first-order valence-corrected chi connectivity index (χ1v) is 12.2. The largest absolute Gasteiger partial charge is 0.506 e. The topological polar surface area (TPSA) is 123 Å². The van der Waals surface area contributed by atoms with Crippen LogP contribution in [0.25, 0.3) is 16.8 Å². The summed E-state index contributed by atoms with van der Waals surface area (Å²) in [5, 5.41) is 11.7. The Kier molecular flexibility index (Phi) is 6.84. The first kappa shape index (κ1) is 25.7. The highest BCUT2D eigenvalue weighted by Crippen LogP contribution is 2.46. The van der Waals surface area contributed by atoms with Crippen LogP contribution in [0.3, 0.4) is 0 Å². The molecule has 0 spiro atoms. The van der Waals surface area contributed by atoms with Gasteiger partial charge >= 0.3 is 5.91 Å². The van der Waals surface area contributed by atoms with Crippen molar-refractivity contribution in [3.8, 4) is 23.0 Å². The van der Waals surface area contributed by atoms with E-state index in [4.69, 9.17) is 18.9 Å². The number of nitrogens with zero attached hydrogens (tertiary/aromatic N) is 2. The molecule has 10 nitrogen and oxygen atoms in total. The maximum absolute atomic E-state index is 13.6. The van der Waals surface area contributed by atoms with Crippen LogP contribution in [-0.4, -0.2) is 54.7 Å². The van der Waals surface area contributed by atoms with Crippen LogP contribution in [0.5, 0.6) is 23.0 Å². The number of imidazole rings is 1. The fourth-order valence-electron chi connectivity index (χ4n) is 4.77. The molecule has 0 radical (unpaired) electrons. The van der Waals surface area contributed by atoms with E-state index in [0.717, 1.165) is 0 Å². The lowest BCUT2D eigenvalue weighted by atomic mass is 9.94. The van der Waals surface area contributed by atoms with Crippen molar-refractivity contribution >= 4 is 34.4 Å². The Balaban J connectivity index is 1.79. The number of amides is 1. The summed E-state index contributed by atoms with van der Waals surface area (Å²) in [4.78, 5) is 36.2. The third-order valence-corrected chi connectivity index (χ3v) is 6.52. The summed E-state index contributed by atoms with van der Waals surface area (Å²) in [6, 6.07) is 16.2. The van der Waals surface area contributed by atoms with Crippen LogP contribution in [0.1, 0.15) is 24.1 Å². The molecule has 1 amide bonds. The van der Waals surface area contributed by atoms with Gasteiger partial charge in [-0.15, -0.1) is 0 Å². The number of para-hydroxylation sites is 2. The number of anilines is 1. The van der Waals surface area contributed by atoms with Crippen LogP contribution in [0, 0.1) is 0 Å². The van der Waals surface area contributed by atoms with Gasteiger partial charge in [0.05, 0.1) is 50.6 Å². The zero-order valence-corrected chi connectivity index (χ0v) is 21.8. The number of hydrogen-bond acceptors (Lipinski definition) is 8. The van der Waals surface area contributed by atoms with E-state index in [-0.39, 0.29) is 28.6 Å². The number of benzene rings is 3. The quantitative estimate of drug-likeness (QED) is 0.193. The molecule has 1 saturated heterocycles. The predicted molar refractivity (Wildman–Crippen MR) is 145 cm³/mol. The highest BCUT2D eigenvalue weighted by Gasteiger charge is 2.49. The van der Waals surface area contributed by atoms with Crippen molar-refractivity contribution in [2.24, 2.45) is 0 Å². The molecule has 1 fully saturated rings. The van der Waals surface area contributed by atoms with Crippen molar-refractivity contribution < 1.29 is 33.6 Å². The Hall–Kier alpha value is -4.99.